The van der Waals surface area contributed by atoms with Crippen molar-refractivity contribution in [3.63, 3.8) is 0 Å². The summed E-state index contributed by atoms with van der Waals surface area (Å²) in [6, 6.07) is 15.1. The molecule has 0 aliphatic carbocycles. The number of nitrogens with zero attached hydrogens (tertiary/aromatic N) is 1. The molecule has 0 aliphatic rings. The zero-order chi connectivity index (χ0) is 19.1. The van der Waals surface area contributed by atoms with Crippen LogP contribution in [-0.4, -0.2) is 25.2 Å². The van der Waals surface area contributed by atoms with Gasteiger partial charge < -0.3 is 14.2 Å². The highest BCUT2D eigenvalue weighted by atomic mass is 32.1. The Bertz CT molecular complexity index is 931. The van der Waals surface area contributed by atoms with E-state index in [-0.39, 0.29) is 6.61 Å². The minimum Gasteiger partial charge on any atom is -0.497 e. The Morgan fingerprint density at radius 1 is 1.07 bits per heavy atom. The maximum Gasteiger partial charge on any atom is 0.331 e. The number of hydrogen-bond donors (Lipinski definition) is 0. The smallest absolute Gasteiger partial charge is 0.331 e. The average Bonchev–Trinajstić information content (AvgIpc) is 3.20. The van der Waals surface area contributed by atoms with Gasteiger partial charge in [0.2, 0.25) is 0 Å². The predicted molar refractivity (Wildman–Crippen MR) is 106 cm³/mol. The third kappa shape index (κ3) is 4.95. The molecule has 1 aromatic heterocycles. The third-order valence-electron chi connectivity index (χ3n) is 3.79. The molecule has 138 valence electrons. The van der Waals surface area contributed by atoms with E-state index in [1.54, 1.807) is 20.3 Å². The Kier molecular flexibility index (Phi) is 6.22. The van der Waals surface area contributed by atoms with Crippen LogP contribution >= 0.6 is 11.3 Å². The zero-order valence-electron chi connectivity index (χ0n) is 15.0. The first-order chi connectivity index (χ1) is 13.2. The van der Waals surface area contributed by atoms with Gasteiger partial charge in [0.15, 0.2) is 0 Å². The summed E-state index contributed by atoms with van der Waals surface area (Å²) in [5.74, 6) is 1.07. The molecule has 27 heavy (non-hydrogen) atoms. The van der Waals surface area contributed by atoms with E-state index in [4.69, 9.17) is 14.2 Å². The van der Waals surface area contributed by atoms with Crippen LogP contribution < -0.4 is 9.47 Å². The Morgan fingerprint density at radius 2 is 1.85 bits per heavy atom. The van der Waals surface area contributed by atoms with Crippen LogP contribution in [0.25, 0.3) is 16.6 Å². The number of thiazole rings is 1. The molecule has 1 heterocycles. The second-order valence-electron chi connectivity index (χ2n) is 5.56. The van der Waals surface area contributed by atoms with Gasteiger partial charge in [0, 0.05) is 22.6 Å². The monoisotopic (exact) mass is 381 g/mol. The quantitative estimate of drug-likeness (QED) is 0.443. The molecule has 3 rings (SSSR count). The summed E-state index contributed by atoms with van der Waals surface area (Å²) in [4.78, 5) is 16.5. The molecule has 0 N–H and O–H groups in total. The summed E-state index contributed by atoms with van der Waals surface area (Å²) in [6.07, 6.45) is 3.06. The standard InChI is InChI=1S/C21H19NO4S/c1-24-18-10-7-16(8-11-18)21-22-17(14-27-21)13-26-20(23)12-9-15-5-3-4-6-19(15)25-2/h3-12,14H,13H2,1-2H3/b12-9+. The number of ether oxygens (including phenoxy) is 3. The summed E-state index contributed by atoms with van der Waals surface area (Å²) in [5, 5.41) is 2.75. The number of methoxy groups -OCH3 is 2. The fourth-order valence-electron chi connectivity index (χ4n) is 2.39. The van der Waals surface area contributed by atoms with Gasteiger partial charge in [-0.05, 0) is 36.4 Å². The number of carbonyl (C=O) groups excluding carboxylic acids is 1. The molecule has 0 spiro atoms. The van der Waals surface area contributed by atoms with Crippen LogP contribution in [0.5, 0.6) is 11.5 Å². The molecule has 0 radical (unpaired) electrons. The highest BCUT2D eigenvalue weighted by Gasteiger charge is 2.07. The van der Waals surface area contributed by atoms with Crippen LogP contribution in [0.15, 0.2) is 60.0 Å². The van der Waals surface area contributed by atoms with Crippen LogP contribution in [0.1, 0.15) is 11.3 Å². The molecule has 2 aromatic carbocycles. The van der Waals surface area contributed by atoms with Gasteiger partial charge in [0.05, 0.1) is 19.9 Å². The van der Waals surface area contributed by atoms with Crippen molar-refractivity contribution in [3.8, 4) is 22.1 Å². The molecular weight excluding hydrogens is 362 g/mol. The second kappa shape index (κ2) is 9.00. The minimum atomic E-state index is -0.431. The number of esters is 1. The topological polar surface area (TPSA) is 57.7 Å². The SMILES string of the molecule is COc1ccc(-c2nc(COC(=O)/C=C/c3ccccc3OC)cs2)cc1. The summed E-state index contributed by atoms with van der Waals surface area (Å²) in [6.45, 7) is 0.127. The normalized spacial score (nSPS) is 10.7. The van der Waals surface area contributed by atoms with Crippen LogP contribution in [0.3, 0.4) is 0 Å². The van der Waals surface area contributed by atoms with Crippen LogP contribution in [0, 0.1) is 0 Å². The van der Waals surface area contributed by atoms with Gasteiger partial charge in [-0.15, -0.1) is 11.3 Å². The first-order valence-corrected chi connectivity index (χ1v) is 9.14. The van der Waals surface area contributed by atoms with E-state index in [9.17, 15) is 4.79 Å². The number of para-hydroxylation sites is 1. The molecular formula is C21H19NO4S. The minimum absolute atomic E-state index is 0.127. The predicted octanol–water partition coefficient (Wildman–Crippen LogP) is 4.58. The van der Waals surface area contributed by atoms with Crippen molar-refractivity contribution in [2.75, 3.05) is 14.2 Å². The van der Waals surface area contributed by atoms with E-state index in [0.29, 0.717) is 11.4 Å². The van der Waals surface area contributed by atoms with E-state index >= 15 is 0 Å². The van der Waals surface area contributed by atoms with Gasteiger partial charge in [-0.1, -0.05) is 18.2 Å². The lowest BCUT2D eigenvalue weighted by atomic mass is 10.2. The van der Waals surface area contributed by atoms with Gasteiger partial charge in [0.1, 0.15) is 23.1 Å². The highest BCUT2D eigenvalue weighted by molar-refractivity contribution is 7.13. The van der Waals surface area contributed by atoms with Crippen LogP contribution in [0.2, 0.25) is 0 Å². The van der Waals surface area contributed by atoms with E-state index in [2.05, 4.69) is 4.98 Å². The maximum atomic E-state index is 11.9. The fourth-order valence-corrected chi connectivity index (χ4v) is 3.21. The first kappa shape index (κ1) is 18.7. The largest absolute Gasteiger partial charge is 0.497 e. The number of rotatable bonds is 7. The number of aromatic nitrogens is 1. The van der Waals surface area contributed by atoms with Crippen molar-refractivity contribution >= 4 is 23.4 Å². The molecule has 0 aliphatic heterocycles. The fraction of sp³-hybridized carbons (Fsp3) is 0.143. The maximum absolute atomic E-state index is 11.9. The van der Waals surface area contributed by atoms with Gasteiger partial charge in [0.25, 0.3) is 0 Å². The lowest BCUT2D eigenvalue weighted by molar-refractivity contribution is -0.139. The average molecular weight is 381 g/mol. The van der Waals surface area contributed by atoms with Gasteiger partial charge in [-0.3, -0.25) is 0 Å². The second-order valence-corrected chi connectivity index (χ2v) is 6.41. The molecule has 0 bridgehead atoms. The van der Waals surface area contributed by atoms with Gasteiger partial charge in [-0.25, -0.2) is 9.78 Å². The molecule has 0 saturated carbocycles. The molecule has 6 heteroatoms. The third-order valence-corrected chi connectivity index (χ3v) is 4.73. The summed E-state index contributed by atoms with van der Waals surface area (Å²) in [5.41, 5.74) is 2.52. The lowest BCUT2D eigenvalue weighted by Crippen LogP contribution is -2.01. The Labute approximate surface area is 161 Å². The van der Waals surface area contributed by atoms with Crippen molar-refractivity contribution in [2.24, 2.45) is 0 Å². The van der Waals surface area contributed by atoms with Gasteiger partial charge >= 0.3 is 5.97 Å². The molecule has 0 unspecified atom stereocenters. The van der Waals surface area contributed by atoms with Crippen molar-refractivity contribution in [2.45, 2.75) is 6.61 Å². The molecule has 0 saturated heterocycles. The number of benzene rings is 2. The van der Waals surface area contributed by atoms with Crippen molar-refractivity contribution < 1.29 is 19.0 Å². The van der Waals surface area contributed by atoms with Crippen molar-refractivity contribution in [1.29, 1.82) is 0 Å². The summed E-state index contributed by atoms with van der Waals surface area (Å²) < 4.78 is 15.7. The Hall–Kier alpha value is -3.12. The highest BCUT2D eigenvalue weighted by Crippen LogP contribution is 2.26. The van der Waals surface area contributed by atoms with Crippen molar-refractivity contribution in [3.05, 3.63) is 71.2 Å². The van der Waals surface area contributed by atoms with Crippen LogP contribution in [0.4, 0.5) is 0 Å². The van der Waals surface area contributed by atoms with Crippen LogP contribution in [-0.2, 0) is 16.1 Å². The van der Waals surface area contributed by atoms with E-state index < -0.39 is 5.97 Å². The number of hydrogen-bond acceptors (Lipinski definition) is 6. The molecule has 0 amide bonds. The van der Waals surface area contributed by atoms with Gasteiger partial charge in [-0.2, -0.15) is 0 Å². The molecule has 0 atom stereocenters. The van der Waals surface area contributed by atoms with E-state index in [1.807, 2.05) is 53.9 Å². The Morgan fingerprint density at radius 3 is 2.59 bits per heavy atom. The summed E-state index contributed by atoms with van der Waals surface area (Å²) in [7, 11) is 3.22. The molecule has 3 aromatic rings. The molecule has 5 nitrogen and oxygen atoms in total. The van der Waals surface area contributed by atoms with Crippen molar-refractivity contribution in [1.82, 2.24) is 4.98 Å². The zero-order valence-corrected chi connectivity index (χ0v) is 15.9. The lowest BCUT2D eigenvalue weighted by Gasteiger charge is -2.03. The molecule has 0 fully saturated rings. The summed E-state index contributed by atoms with van der Waals surface area (Å²) >= 11 is 1.51. The van der Waals surface area contributed by atoms with E-state index in [0.717, 1.165) is 21.9 Å². The van der Waals surface area contributed by atoms with E-state index in [1.165, 1.54) is 17.4 Å². The Balaban J connectivity index is 1.57. The first-order valence-electron chi connectivity index (χ1n) is 8.26. The number of carbonyl (C=O) groups is 1.